The van der Waals surface area contributed by atoms with E-state index < -0.39 is 0 Å². The molecular weight excluding hydrogens is 224 g/mol. The van der Waals surface area contributed by atoms with Crippen molar-refractivity contribution in [2.45, 2.75) is 32.7 Å². The summed E-state index contributed by atoms with van der Waals surface area (Å²) in [5, 5.41) is 10.3. The molecule has 0 aliphatic heterocycles. The van der Waals surface area contributed by atoms with E-state index >= 15 is 0 Å². The number of nitrogens with two attached hydrogens (primary N) is 1. The molecule has 0 radical (unpaired) electrons. The van der Waals surface area contributed by atoms with E-state index in [0.29, 0.717) is 0 Å². The van der Waals surface area contributed by atoms with Gasteiger partial charge < -0.3 is 15.4 Å². The molecule has 3 nitrogen and oxygen atoms in total. The van der Waals surface area contributed by atoms with E-state index in [1.165, 1.54) is 22.0 Å². The number of rotatable bonds is 6. The lowest BCUT2D eigenvalue weighted by Crippen LogP contribution is -2.00. The van der Waals surface area contributed by atoms with E-state index in [2.05, 4.69) is 35.9 Å². The van der Waals surface area contributed by atoms with Gasteiger partial charge in [-0.25, -0.2) is 0 Å². The maximum atomic E-state index is 8.97. The molecule has 3 N–H and O–H groups in total. The van der Waals surface area contributed by atoms with Crippen molar-refractivity contribution in [2.24, 2.45) is 5.73 Å². The Labute approximate surface area is 108 Å². The van der Waals surface area contributed by atoms with Crippen molar-refractivity contribution >= 4 is 10.9 Å². The summed E-state index contributed by atoms with van der Waals surface area (Å²) in [7, 11) is 0. The maximum absolute atomic E-state index is 8.97. The maximum Gasteiger partial charge on any atom is 0.0485 e. The van der Waals surface area contributed by atoms with E-state index in [1.807, 2.05) is 0 Å². The normalized spacial score (nSPS) is 11.3. The summed E-state index contributed by atoms with van der Waals surface area (Å²) in [5.74, 6) is 0. The molecule has 98 valence electrons. The van der Waals surface area contributed by atoms with Crippen LogP contribution in [0.25, 0.3) is 10.9 Å². The molecule has 1 aromatic carbocycles. The van der Waals surface area contributed by atoms with Crippen molar-refractivity contribution in [1.82, 2.24) is 4.57 Å². The monoisotopic (exact) mass is 246 g/mol. The molecule has 2 aromatic rings. The molecule has 1 aromatic heterocycles. The summed E-state index contributed by atoms with van der Waals surface area (Å²) in [6.45, 7) is 3.96. The van der Waals surface area contributed by atoms with Gasteiger partial charge >= 0.3 is 0 Å². The highest BCUT2D eigenvalue weighted by atomic mass is 16.3. The second-order valence-electron chi connectivity index (χ2n) is 4.84. The first kappa shape index (κ1) is 13.1. The Morgan fingerprint density at radius 3 is 2.83 bits per heavy atom. The predicted octanol–water partition coefficient (Wildman–Crippen LogP) is 2.22. The van der Waals surface area contributed by atoms with Crippen LogP contribution in [0.2, 0.25) is 0 Å². The molecule has 0 saturated heterocycles. The topological polar surface area (TPSA) is 51.2 Å². The number of hydrogen-bond donors (Lipinski definition) is 2. The van der Waals surface area contributed by atoms with Crippen LogP contribution in [-0.2, 0) is 13.0 Å². The lowest BCUT2D eigenvalue weighted by molar-refractivity contribution is 0.280. The largest absolute Gasteiger partial charge is 0.396 e. The van der Waals surface area contributed by atoms with Crippen LogP contribution in [0.5, 0.6) is 0 Å². The first-order chi connectivity index (χ1) is 8.76. The summed E-state index contributed by atoms with van der Waals surface area (Å²) >= 11 is 0. The van der Waals surface area contributed by atoms with Crippen LogP contribution in [0.3, 0.4) is 0 Å². The fourth-order valence-corrected chi connectivity index (χ4v) is 2.40. The van der Waals surface area contributed by atoms with Gasteiger partial charge in [0.1, 0.15) is 0 Å². The smallest absolute Gasteiger partial charge is 0.0485 e. The van der Waals surface area contributed by atoms with Gasteiger partial charge in [-0.3, -0.25) is 0 Å². The molecule has 0 bridgehead atoms. The molecule has 0 atom stereocenters. The van der Waals surface area contributed by atoms with Gasteiger partial charge in [0, 0.05) is 30.3 Å². The van der Waals surface area contributed by atoms with Crippen LogP contribution in [0.4, 0.5) is 0 Å². The third-order valence-electron chi connectivity index (χ3n) is 3.33. The lowest BCUT2D eigenvalue weighted by Gasteiger charge is -2.03. The molecule has 2 rings (SSSR count). The van der Waals surface area contributed by atoms with Crippen LogP contribution in [0.15, 0.2) is 24.4 Å². The van der Waals surface area contributed by atoms with Crippen molar-refractivity contribution in [3.63, 3.8) is 0 Å². The van der Waals surface area contributed by atoms with Gasteiger partial charge in [0.25, 0.3) is 0 Å². The summed E-state index contributed by atoms with van der Waals surface area (Å²) in [5.41, 5.74) is 9.51. The number of aliphatic hydroxyl groups is 1. The zero-order valence-corrected chi connectivity index (χ0v) is 11.0. The van der Waals surface area contributed by atoms with Crippen molar-refractivity contribution in [1.29, 1.82) is 0 Å². The molecule has 18 heavy (non-hydrogen) atoms. The Kier molecular flexibility index (Phi) is 4.39. The Bertz CT molecular complexity index is 516. The van der Waals surface area contributed by atoms with Crippen molar-refractivity contribution in [2.75, 3.05) is 13.2 Å². The lowest BCUT2D eigenvalue weighted by atomic mass is 10.1. The Hall–Kier alpha value is -1.32. The highest BCUT2D eigenvalue weighted by Crippen LogP contribution is 2.24. The van der Waals surface area contributed by atoms with Gasteiger partial charge in [-0.05, 0) is 49.9 Å². The summed E-state index contributed by atoms with van der Waals surface area (Å²) in [6, 6.07) is 6.58. The van der Waals surface area contributed by atoms with Crippen LogP contribution >= 0.6 is 0 Å². The quantitative estimate of drug-likeness (QED) is 0.821. The third-order valence-corrected chi connectivity index (χ3v) is 3.33. The minimum Gasteiger partial charge on any atom is -0.396 e. The predicted molar refractivity (Wildman–Crippen MR) is 75.8 cm³/mol. The van der Waals surface area contributed by atoms with Crippen molar-refractivity contribution < 1.29 is 5.11 Å². The number of hydrogen-bond acceptors (Lipinski definition) is 2. The average Bonchev–Trinajstić information content (AvgIpc) is 2.71. The number of nitrogens with zero attached hydrogens (tertiary/aromatic N) is 1. The molecular formula is C15H22N2O. The van der Waals surface area contributed by atoms with Crippen molar-refractivity contribution in [3.8, 4) is 0 Å². The molecule has 0 spiro atoms. The minimum atomic E-state index is 0.240. The number of fused-ring (bicyclic) bond motifs is 1. The van der Waals surface area contributed by atoms with Crippen LogP contribution in [0, 0.1) is 6.92 Å². The van der Waals surface area contributed by atoms with Gasteiger partial charge in [-0.1, -0.05) is 12.1 Å². The molecule has 0 saturated carbocycles. The number of aliphatic hydroxyl groups excluding tert-OH is 1. The highest BCUT2D eigenvalue weighted by Gasteiger charge is 2.08. The van der Waals surface area contributed by atoms with E-state index in [4.69, 9.17) is 10.8 Å². The molecule has 0 fully saturated rings. The fourth-order valence-electron chi connectivity index (χ4n) is 2.40. The van der Waals surface area contributed by atoms with Gasteiger partial charge in [-0.15, -0.1) is 0 Å². The number of aromatic nitrogens is 1. The van der Waals surface area contributed by atoms with Gasteiger partial charge in [0.15, 0.2) is 0 Å². The summed E-state index contributed by atoms with van der Waals surface area (Å²) < 4.78 is 2.25. The second-order valence-corrected chi connectivity index (χ2v) is 4.84. The molecule has 1 heterocycles. The zero-order chi connectivity index (χ0) is 13.0. The number of aryl methyl sites for hydroxylation is 3. The van der Waals surface area contributed by atoms with Crippen LogP contribution in [-0.4, -0.2) is 22.8 Å². The summed E-state index contributed by atoms with van der Waals surface area (Å²) in [4.78, 5) is 0. The molecule has 0 aliphatic rings. The molecule has 0 aliphatic carbocycles. The molecule has 0 amide bonds. The summed E-state index contributed by atoms with van der Waals surface area (Å²) in [6.07, 6.45) is 5.07. The third kappa shape index (κ3) is 2.74. The SMILES string of the molecule is Cc1ccc2c(CCCN)cn(CCCO)c2c1. The van der Waals surface area contributed by atoms with Gasteiger partial charge in [0.2, 0.25) is 0 Å². The van der Waals surface area contributed by atoms with Crippen LogP contribution in [0.1, 0.15) is 24.0 Å². The van der Waals surface area contributed by atoms with E-state index in [-0.39, 0.29) is 6.61 Å². The molecule has 0 unspecified atom stereocenters. The highest BCUT2D eigenvalue weighted by molar-refractivity contribution is 5.84. The van der Waals surface area contributed by atoms with Crippen molar-refractivity contribution in [3.05, 3.63) is 35.5 Å². The first-order valence-corrected chi connectivity index (χ1v) is 6.65. The Morgan fingerprint density at radius 1 is 1.28 bits per heavy atom. The van der Waals surface area contributed by atoms with Gasteiger partial charge in [0.05, 0.1) is 0 Å². The number of benzene rings is 1. The molecule has 3 heteroatoms. The minimum absolute atomic E-state index is 0.240. The zero-order valence-electron chi connectivity index (χ0n) is 11.0. The van der Waals surface area contributed by atoms with E-state index in [9.17, 15) is 0 Å². The Morgan fingerprint density at radius 2 is 2.11 bits per heavy atom. The standard InChI is InChI=1S/C15H22N2O/c1-12-5-6-14-13(4-2-7-16)11-17(8-3-9-18)15(14)10-12/h5-6,10-11,18H,2-4,7-9,16H2,1H3. The Balaban J connectivity index is 2.39. The van der Waals surface area contributed by atoms with E-state index in [1.54, 1.807) is 0 Å². The van der Waals surface area contributed by atoms with E-state index in [0.717, 1.165) is 32.4 Å². The average molecular weight is 246 g/mol. The second kappa shape index (κ2) is 6.03. The van der Waals surface area contributed by atoms with Crippen LogP contribution < -0.4 is 5.73 Å². The van der Waals surface area contributed by atoms with Gasteiger partial charge in [-0.2, -0.15) is 0 Å². The fraction of sp³-hybridized carbons (Fsp3) is 0.467. The first-order valence-electron chi connectivity index (χ1n) is 6.65.